The maximum atomic E-state index is 5.41. The van der Waals surface area contributed by atoms with Crippen LogP contribution in [0.4, 0.5) is 11.1 Å². The van der Waals surface area contributed by atoms with Crippen molar-refractivity contribution in [1.29, 1.82) is 0 Å². The second-order valence-corrected chi connectivity index (χ2v) is 6.19. The molecule has 1 atom stereocenters. The number of hydrogen-bond acceptors (Lipinski definition) is 8. The van der Waals surface area contributed by atoms with Gasteiger partial charge in [0.15, 0.2) is 0 Å². The Morgan fingerprint density at radius 3 is 2.90 bits per heavy atom. The van der Waals surface area contributed by atoms with Gasteiger partial charge in [-0.1, -0.05) is 6.92 Å². The molecule has 3 heterocycles. The van der Waals surface area contributed by atoms with E-state index in [0.717, 1.165) is 49.2 Å². The van der Waals surface area contributed by atoms with Crippen LogP contribution in [0, 0.1) is 0 Å². The van der Waals surface area contributed by atoms with Gasteiger partial charge >= 0.3 is 0 Å². The molecule has 1 aliphatic heterocycles. The van der Waals surface area contributed by atoms with Gasteiger partial charge in [0, 0.05) is 45.1 Å². The minimum atomic E-state index is 0.272. The van der Waals surface area contributed by atoms with Gasteiger partial charge in [-0.2, -0.15) is 9.36 Å². The summed E-state index contributed by atoms with van der Waals surface area (Å²) in [4.78, 5) is 13.2. The quantitative estimate of drug-likeness (QED) is 0.854. The van der Waals surface area contributed by atoms with Crippen LogP contribution in [0.3, 0.4) is 0 Å². The minimum absolute atomic E-state index is 0.272. The van der Waals surface area contributed by atoms with Crippen molar-refractivity contribution in [2.45, 2.75) is 32.1 Å². The molecule has 0 N–H and O–H groups in total. The van der Waals surface area contributed by atoms with Crippen LogP contribution in [-0.4, -0.2) is 46.7 Å². The lowest BCUT2D eigenvalue weighted by Crippen LogP contribution is -2.34. The molecule has 0 aliphatic carbocycles. The monoisotopic (exact) mass is 308 g/mol. The molecule has 3 rings (SSSR count). The number of aromatic nitrogens is 4. The summed E-state index contributed by atoms with van der Waals surface area (Å²) in [7, 11) is 3.82. The van der Waals surface area contributed by atoms with Gasteiger partial charge in [-0.25, -0.2) is 4.98 Å². The number of hydrogen-bond donors (Lipinski definition) is 0. The lowest BCUT2D eigenvalue weighted by atomic mass is 9.98. The molecule has 7 nitrogen and oxygen atoms in total. The zero-order valence-corrected chi connectivity index (χ0v) is 13.4. The van der Waals surface area contributed by atoms with Gasteiger partial charge < -0.3 is 14.3 Å². The molecule has 1 fully saturated rings. The van der Waals surface area contributed by atoms with Crippen molar-refractivity contribution < 1.29 is 4.52 Å². The van der Waals surface area contributed by atoms with E-state index in [1.807, 2.05) is 19.0 Å². The van der Waals surface area contributed by atoms with Crippen LogP contribution in [0.2, 0.25) is 0 Å². The van der Waals surface area contributed by atoms with Crippen LogP contribution >= 0.6 is 11.5 Å². The Hall–Kier alpha value is -1.70. The Bertz CT molecular complexity index is 595. The molecule has 1 saturated heterocycles. The maximum absolute atomic E-state index is 5.41. The molecule has 0 bridgehead atoms. The smallest absolute Gasteiger partial charge is 0.265 e. The van der Waals surface area contributed by atoms with Crippen LogP contribution in [0.5, 0.6) is 0 Å². The fourth-order valence-corrected chi connectivity index (χ4v) is 3.23. The van der Waals surface area contributed by atoms with Gasteiger partial charge in [0.1, 0.15) is 5.82 Å². The zero-order chi connectivity index (χ0) is 14.8. The third kappa shape index (κ3) is 2.99. The molecular weight excluding hydrogens is 288 g/mol. The van der Waals surface area contributed by atoms with Crippen molar-refractivity contribution in [3.05, 3.63) is 11.7 Å². The Morgan fingerprint density at radius 1 is 1.38 bits per heavy atom. The number of nitrogens with zero attached hydrogens (tertiary/aromatic N) is 6. The Labute approximate surface area is 128 Å². The number of aryl methyl sites for hydroxylation is 1. The summed E-state index contributed by atoms with van der Waals surface area (Å²) in [5, 5.41) is 5.01. The van der Waals surface area contributed by atoms with Crippen LogP contribution < -0.4 is 9.80 Å². The van der Waals surface area contributed by atoms with Gasteiger partial charge in [0.2, 0.25) is 11.0 Å². The van der Waals surface area contributed by atoms with E-state index >= 15 is 0 Å². The van der Waals surface area contributed by atoms with Crippen LogP contribution in [-0.2, 0) is 6.42 Å². The van der Waals surface area contributed by atoms with E-state index in [2.05, 4.69) is 31.3 Å². The second kappa shape index (κ2) is 5.97. The van der Waals surface area contributed by atoms with Gasteiger partial charge in [0.05, 0.1) is 5.92 Å². The van der Waals surface area contributed by atoms with Crippen molar-refractivity contribution in [1.82, 2.24) is 19.5 Å². The molecule has 8 heteroatoms. The highest BCUT2D eigenvalue weighted by Crippen LogP contribution is 2.30. The van der Waals surface area contributed by atoms with E-state index in [1.54, 1.807) is 0 Å². The van der Waals surface area contributed by atoms with Gasteiger partial charge in [-0.15, -0.1) is 0 Å². The van der Waals surface area contributed by atoms with Crippen LogP contribution in [0.15, 0.2) is 4.52 Å². The van der Waals surface area contributed by atoms with Crippen LogP contribution in [0.1, 0.15) is 37.4 Å². The SMILES string of the molecule is CCc1nsc(N2CCC[C@H](c3nc(N(C)C)no3)C2)n1. The summed E-state index contributed by atoms with van der Waals surface area (Å²) in [5.41, 5.74) is 0. The first kappa shape index (κ1) is 14.2. The highest BCUT2D eigenvalue weighted by Gasteiger charge is 2.28. The molecule has 2 aromatic rings. The molecule has 0 aromatic carbocycles. The zero-order valence-electron chi connectivity index (χ0n) is 12.6. The first-order valence-corrected chi connectivity index (χ1v) is 8.03. The largest absolute Gasteiger partial charge is 0.346 e. The number of piperidine rings is 1. The van der Waals surface area contributed by atoms with E-state index in [4.69, 9.17) is 4.52 Å². The molecule has 2 aromatic heterocycles. The standard InChI is InChI=1S/C13H20N6OS/c1-4-10-14-13(21-17-10)19-7-5-6-9(8-19)11-15-12(16-20-11)18(2)3/h9H,4-8H2,1-3H3/t9-/m0/s1. The lowest BCUT2D eigenvalue weighted by molar-refractivity contribution is 0.333. The highest BCUT2D eigenvalue weighted by molar-refractivity contribution is 7.09. The van der Waals surface area contributed by atoms with E-state index in [1.165, 1.54) is 11.5 Å². The van der Waals surface area contributed by atoms with Crippen molar-refractivity contribution in [3.63, 3.8) is 0 Å². The van der Waals surface area contributed by atoms with Crippen molar-refractivity contribution >= 4 is 22.6 Å². The first-order valence-electron chi connectivity index (χ1n) is 7.25. The maximum Gasteiger partial charge on any atom is 0.265 e. The number of rotatable bonds is 4. The summed E-state index contributed by atoms with van der Waals surface area (Å²) >= 11 is 1.48. The lowest BCUT2D eigenvalue weighted by Gasteiger charge is -2.30. The van der Waals surface area contributed by atoms with E-state index in [9.17, 15) is 0 Å². The van der Waals surface area contributed by atoms with E-state index < -0.39 is 0 Å². The third-order valence-corrected chi connectivity index (χ3v) is 4.46. The molecule has 0 amide bonds. The predicted molar refractivity (Wildman–Crippen MR) is 82.1 cm³/mol. The molecule has 0 spiro atoms. The fourth-order valence-electron chi connectivity index (χ4n) is 2.44. The number of anilines is 2. The normalized spacial score (nSPS) is 19.0. The Kier molecular flexibility index (Phi) is 4.05. The summed E-state index contributed by atoms with van der Waals surface area (Å²) < 4.78 is 9.78. The Balaban J connectivity index is 1.72. The van der Waals surface area contributed by atoms with E-state index in [-0.39, 0.29) is 5.92 Å². The molecule has 0 unspecified atom stereocenters. The molecule has 0 saturated carbocycles. The van der Waals surface area contributed by atoms with Crippen LogP contribution in [0.25, 0.3) is 0 Å². The average molecular weight is 308 g/mol. The van der Waals surface area contributed by atoms with Gasteiger partial charge in [-0.3, -0.25) is 0 Å². The van der Waals surface area contributed by atoms with Crippen molar-refractivity contribution in [2.75, 3.05) is 37.0 Å². The van der Waals surface area contributed by atoms with Gasteiger partial charge in [0.25, 0.3) is 5.95 Å². The summed E-state index contributed by atoms with van der Waals surface area (Å²) in [6, 6.07) is 0. The molecule has 21 heavy (non-hydrogen) atoms. The molecule has 0 radical (unpaired) electrons. The fraction of sp³-hybridized carbons (Fsp3) is 0.692. The highest BCUT2D eigenvalue weighted by atomic mass is 32.1. The van der Waals surface area contributed by atoms with Crippen molar-refractivity contribution in [3.8, 4) is 0 Å². The minimum Gasteiger partial charge on any atom is -0.346 e. The molecule has 1 aliphatic rings. The van der Waals surface area contributed by atoms with E-state index in [0.29, 0.717) is 5.95 Å². The molecule has 114 valence electrons. The summed E-state index contributed by atoms with van der Waals surface area (Å²) in [6.07, 6.45) is 3.06. The second-order valence-electron chi connectivity index (χ2n) is 5.46. The van der Waals surface area contributed by atoms with Gasteiger partial charge in [-0.05, 0) is 18.0 Å². The average Bonchev–Trinajstić information content (AvgIpc) is 3.17. The summed E-state index contributed by atoms with van der Waals surface area (Å²) in [5.74, 6) is 2.55. The third-order valence-electron chi connectivity index (χ3n) is 3.65. The Morgan fingerprint density at radius 2 is 2.24 bits per heavy atom. The first-order chi connectivity index (χ1) is 10.2. The summed E-state index contributed by atoms with van der Waals surface area (Å²) in [6.45, 7) is 3.96. The molecular formula is C13H20N6OS. The topological polar surface area (TPSA) is 71.2 Å². The predicted octanol–water partition coefficient (Wildman–Crippen LogP) is 1.93. The van der Waals surface area contributed by atoms with Crippen molar-refractivity contribution in [2.24, 2.45) is 0 Å².